The molecule has 3 heteroatoms. The van der Waals surface area contributed by atoms with Gasteiger partial charge in [0.25, 0.3) is 0 Å². The summed E-state index contributed by atoms with van der Waals surface area (Å²) < 4.78 is 0. The van der Waals surface area contributed by atoms with E-state index in [2.05, 4.69) is 15.0 Å². The first-order valence-electron chi connectivity index (χ1n) is 5.72. The van der Waals surface area contributed by atoms with Crippen molar-refractivity contribution < 1.29 is 0 Å². The standard InChI is InChI=1S/C15H11N3/c1-2-9-16-13(7-1)11-18-14-8-3-5-12-6-4-10-17-15(12)14/h1-11H. The van der Waals surface area contributed by atoms with Crippen molar-refractivity contribution >= 4 is 22.8 Å². The summed E-state index contributed by atoms with van der Waals surface area (Å²) >= 11 is 0. The van der Waals surface area contributed by atoms with Gasteiger partial charge in [0.1, 0.15) is 0 Å². The fourth-order valence-corrected chi connectivity index (χ4v) is 1.78. The SMILES string of the molecule is C(=Nc1cccc2cccnc12)c1ccccn1. The largest absolute Gasteiger partial charge is 0.255 e. The van der Waals surface area contributed by atoms with Gasteiger partial charge in [0.15, 0.2) is 0 Å². The third-order valence-electron chi connectivity index (χ3n) is 2.64. The molecule has 0 saturated carbocycles. The van der Waals surface area contributed by atoms with Crippen molar-refractivity contribution in [2.45, 2.75) is 0 Å². The number of pyridine rings is 2. The smallest absolute Gasteiger partial charge is 0.0958 e. The van der Waals surface area contributed by atoms with Gasteiger partial charge in [-0.1, -0.05) is 24.3 Å². The first kappa shape index (κ1) is 10.6. The lowest BCUT2D eigenvalue weighted by atomic mass is 10.2. The highest BCUT2D eigenvalue weighted by Crippen LogP contribution is 2.23. The summed E-state index contributed by atoms with van der Waals surface area (Å²) in [5.41, 5.74) is 2.61. The number of hydrogen-bond donors (Lipinski definition) is 0. The number of hydrogen-bond acceptors (Lipinski definition) is 3. The Labute approximate surface area is 105 Å². The van der Waals surface area contributed by atoms with Crippen LogP contribution in [0.3, 0.4) is 0 Å². The number of para-hydroxylation sites is 1. The molecule has 0 saturated heterocycles. The van der Waals surface area contributed by atoms with E-state index < -0.39 is 0 Å². The Morgan fingerprint density at radius 3 is 2.61 bits per heavy atom. The maximum absolute atomic E-state index is 4.45. The molecule has 18 heavy (non-hydrogen) atoms. The molecule has 0 bridgehead atoms. The summed E-state index contributed by atoms with van der Waals surface area (Å²) in [6.45, 7) is 0. The zero-order valence-electron chi connectivity index (χ0n) is 9.69. The number of benzene rings is 1. The monoisotopic (exact) mass is 233 g/mol. The molecule has 0 spiro atoms. The summed E-state index contributed by atoms with van der Waals surface area (Å²) in [4.78, 5) is 13.0. The molecule has 0 aliphatic carbocycles. The van der Waals surface area contributed by atoms with Crippen molar-refractivity contribution in [1.29, 1.82) is 0 Å². The molecule has 0 unspecified atom stereocenters. The third-order valence-corrected chi connectivity index (χ3v) is 2.64. The zero-order valence-corrected chi connectivity index (χ0v) is 9.69. The normalized spacial score (nSPS) is 11.1. The topological polar surface area (TPSA) is 38.1 Å². The van der Waals surface area contributed by atoms with E-state index in [1.165, 1.54) is 0 Å². The lowest BCUT2D eigenvalue weighted by molar-refractivity contribution is 1.30. The van der Waals surface area contributed by atoms with E-state index in [0.29, 0.717) is 0 Å². The molecule has 0 amide bonds. The Kier molecular flexibility index (Phi) is 2.80. The number of rotatable bonds is 2. The molecule has 0 aliphatic rings. The minimum atomic E-state index is 0.838. The van der Waals surface area contributed by atoms with Gasteiger partial charge >= 0.3 is 0 Å². The van der Waals surface area contributed by atoms with Crippen LogP contribution in [0.4, 0.5) is 5.69 Å². The number of nitrogens with zero attached hydrogens (tertiary/aromatic N) is 3. The minimum Gasteiger partial charge on any atom is -0.255 e. The van der Waals surface area contributed by atoms with Gasteiger partial charge in [0.2, 0.25) is 0 Å². The molecule has 2 aromatic heterocycles. The van der Waals surface area contributed by atoms with E-state index in [1.807, 2.05) is 48.5 Å². The highest BCUT2D eigenvalue weighted by molar-refractivity contribution is 5.91. The summed E-state index contributed by atoms with van der Waals surface area (Å²) in [6, 6.07) is 15.7. The van der Waals surface area contributed by atoms with Crippen LogP contribution in [-0.2, 0) is 0 Å². The molecule has 0 atom stereocenters. The Balaban J connectivity index is 2.03. The molecular formula is C15H11N3. The molecule has 3 rings (SSSR count). The average molecular weight is 233 g/mol. The summed E-state index contributed by atoms with van der Waals surface area (Å²) in [5.74, 6) is 0. The average Bonchev–Trinajstić information content (AvgIpc) is 2.46. The van der Waals surface area contributed by atoms with Crippen LogP contribution in [0.15, 0.2) is 65.9 Å². The van der Waals surface area contributed by atoms with Gasteiger partial charge in [0, 0.05) is 17.8 Å². The summed E-state index contributed by atoms with van der Waals surface area (Å²) in [5, 5.41) is 1.09. The van der Waals surface area contributed by atoms with Gasteiger partial charge in [-0.2, -0.15) is 0 Å². The van der Waals surface area contributed by atoms with E-state index >= 15 is 0 Å². The van der Waals surface area contributed by atoms with E-state index in [-0.39, 0.29) is 0 Å². The van der Waals surface area contributed by atoms with Gasteiger partial charge in [-0.25, -0.2) is 0 Å². The summed E-state index contributed by atoms with van der Waals surface area (Å²) in [6.07, 6.45) is 5.29. The van der Waals surface area contributed by atoms with E-state index in [9.17, 15) is 0 Å². The molecule has 3 aromatic rings. The van der Waals surface area contributed by atoms with Gasteiger partial charge in [-0.3, -0.25) is 15.0 Å². The Morgan fingerprint density at radius 2 is 1.72 bits per heavy atom. The summed E-state index contributed by atoms with van der Waals surface area (Å²) in [7, 11) is 0. The quantitative estimate of drug-likeness (QED) is 0.636. The fraction of sp³-hybridized carbons (Fsp3) is 0. The lowest BCUT2D eigenvalue weighted by Crippen LogP contribution is -1.85. The third kappa shape index (κ3) is 2.11. The number of fused-ring (bicyclic) bond motifs is 1. The first-order chi connectivity index (χ1) is 8.93. The molecule has 2 heterocycles. The molecular weight excluding hydrogens is 222 g/mol. The van der Waals surface area contributed by atoms with Crippen LogP contribution in [0.25, 0.3) is 10.9 Å². The second-order valence-corrected chi connectivity index (χ2v) is 3.87. The Bertz CT molecular complexity index is 685. The van der Waals surface area contributed by atoms with Crippen LogP contribution in [0.5, 0.6) is 0 Å². The van der Waals surface area contributed by atoms with Crippen molar-refractivity contribution in [3.63, 3.8) is 0 Å². The second kappa shape index (κ2) is 4.75. The fourth-order valence-electron chi connectivity index (χ4n) is 1.78. The molecule has 1 aromatic carbocycles. The van der Waals surface area contributed by atoms with Crippen LogP contribution >= 0.6 is 0 Å². The minimum absolute atomic E-state index is 0.838. The molecule has 0 aliphatic heterocycles. The van der Waals surface area contributed by atoms with Crippen LogP contribution in [0.2, 0.25) is 0 Å². The maximum Gasteiger partial charge on any atom is 0.0958 e. The van der Waals surface area contributed by atoms with E-state index in [0.717, 1.165) is 22.3 Å². The lowest BCUT2D eigenvalue weighted by Gasteiger charge is -1.99. The van der Waals surface area contributed by atoms with Crippen molar-refractivity contribution in [3.05, 3.63) is 66.6 Å². The van der Waals surface area contributed by atoms with Crippen LogP contribution in [0, 0.1) is 0 Å². The number of aliphatic imine (C=N–C) groups is 1. The van der Waals surface area contributed by atoms with Crippen molar-refractivity contribution in [1.82, 2.24) is 9.97 Å². The van der Waals surface area contributed by atoms with Gasteiger partial charge in [-0.05, 0) is 24.3 Å². The predicted molar refractivity (Wildman–Crippen MR) is 73.2 cm³/mol. The Hall–Kier alpha value is -2.55. The maximum atomic E-state index is 4.45. The molecule has 3 nitrogen and oxygen atoms in total. The molecule has 0 fully saturated rings. The first-order valence-corrected chi connectivity index (χ1v) is 5.72. The number of aromatic nitrogens is 2. The highest BCUT2D eigenvalue weighted by atomic mass is 14.8. The van der Waals surface area contributed by atoms with Crippen LogP contribution in [-0.4, -0.2) is 16.2 Å². The van der Waals surface area contributed by atoms with Crippen LogP contribution in [0.1, 0.15) is 5.69 Å². The van der Waals surface area contributed by atoms with Gasteiger partial charge in [0.05, 0.1) is 23.1 Å². The highest BCUT2D eigenvalue weighted by Gasteiger charge is 1.98. The molecule has 0 radical (unpaired) electrons. The van der Waals surface area contributed by atoms with E-state index in [1.54, 1.807) is 18.6 Å². The van der Waals surface area contributed by atoms with Crippen LogP contribution < -0.4 is 0 Å². The van der Waals surface area contributed by atoms with Crippen molar-refractivity contribution in [3.8, 4) is 0 Å². The van der Waals surface area contributed by atoms with Crippen molar-refractivity contribution in [2.24, 2.45) is 4.99 Å². The van der Waals surface area contributed by atoms with Crippen molar-refractivity contribution in [2.75, 3.05) is 0 Å². The Morgan fingerprint density at radius 1 is 0.833 bits per heavy atom. The predicted octanol–water partition coefficient (Wildman–Crippen LogP) is 3.38. The second-order valence-electron chi connectivity index (χ2n) is 3.87. The van der Waals surface area contributed by atoms with Gasteiger partial charge < -0.3 is 0 Å². The molecule has 86 valence electrons. The zero-order chi connectivity index (χ0) is 12.2. The molecule has 0 N–H and O–H groups in total. The van der Waals surface area contributed by atoms with Gasteiger partial charge in [-0.15, -0.1) is 0 Å². The van der Waals surface area contributed by atoms with E-state index in [4.69, 9.17) is 0 Å².